The number of nitrogens with one attached hydrogen (secondary N) is 1. The van der Waals surface area contributed by atoms with Gasteiger partial charge in [-0.25, -0.2) is 0 Å². The monoisotopic (exact) mass is 345 g/mol. The summed E-state index contributed by atoms with van der Waals surface area (Å²) in [5.74, 6) is 0.528. The number of benzene rings is 1. The van der Waals surface area contributed by atoms with Crippen LogP contribution in [0.25, 0.3) is 11.1 Å². The van der Waals surface area contributed by atoms with Gasteiger partial charge in [-0.15, -0.1) is 0 Å². The van der Waals surface area contributed by atoms with Gasteiger partial charge in [0.25, 0.3) is 10.2 Å². The zero-order valence-corrected chi connectivity index (χ0v) is 14.8. The molecular weight excluding hydrogens is 322 g/mol. The third-order valence-electron chi connectivity index (χ3n) is 4.35. The maximum Gasteiger partial charge on any atom is 0.279 e. The Bertz CT molecular complexity index is 772. The zero-order valence-electron chi connectivity index (χ0n) is 14.0. The highest BCUT2D eigenvalue weighted by atomic mass is 32.2. The summed E-state index contributed by atoms with van der Waals surface area (Å²) in [4.78, 5) is 4.12. The minimum absolute atomic E-state index is 0.278. The molecule has 1 aliphatic rings. The van der Waals surface area contributed by atoms with Gasteiger partial charge < -0.3 is 0 Å². The summed E-state index contributed by atoms with van der Waals surface area (Å²) in [6.45, 7) is 2.46. The zero-order chi connectivity index (χ0) is 17.2. The molecule has 5 nitrogen and oxygen atoms in total. The Morgan fingerprint density at radius 1 is 1.21 bits per heavy atom. The van der Waals surface area contributed by atoms with Crippen LogP contribution in [0.5, 0.6) is 0 Å². The van der Waals surface area contributed by atoms with Gasteiger partial charge in [-0.3, -0.25) is 4.98 Å². The molecule has 1 N–H and O–H groups in total. The maximum atomic E-state index is 12.4. The molecule has 24 heavy (non-hydrogen) atoms. The Kier molecular flexibility index (Phi) is 4.99. The number of aromatic nitrogens is 1. The highest BCUT2D eigenvalue weighted by Gasteiger charge is 2.28. The third-order valence-corrected chi connectivity index (χ3v) is 5.97. The molecule has 128 valence electrons. The quantitative estimate of drug-likeness (QED) is 0.839. The highest BCUT2D eigenvalue weighted by molar-refractivity contribution is 7.87. The predicted molar refractivity (Wildman–Crippen MR) is 95.5 cm³/mol. The Labute approximate surface area is 143 Å². The third kappa shape index (κ3) is 4.20. The summed E-state index contributed by atoms with van der Waals surface area (Å²) in [5, 5.41) is 0. The molecule has 6 heteroatoms. The molecule has 0 aliphatic heterocycles. The van der Waals surface area contributed by atoms with E-state index in [9.17, 15) is 8.42 Å². The van der Waals surface area contributed by atoms with Crippen LogP contribution in [0.1, 0.15) is 31.4 Å². The fourth-order valence-corrected chi connectivity index (χ4v) is 3.81. The van der Waals surface area contributed by atoms with E-state index in [1.807, 2.05) is 49.5 Å². The van der Waals surface area contributed by atoms with E-state index in [0.29, 0.717) is 12.5 Å². The molecule has 1 aliphatic carbocycles. The molecular formula is C18H23N3O2S. The molecule has 1 atom stereocenters. The average Bonchev–Trinajstić information content (AvgIpc) is 3.39. The van der Waals surface area contributed by atoms with Crippen molar-refractivity contribution in [3.05, 3.63) is 54.4 Å². The van der Waals surface area contributed by atoms with Crippen LogP contribution < -0.4 is 4.72 Å². The minimum Gasteiger partial charge on any atom is -0.264 e. The van der Waals surface area contributed by atoms with Crippen molar-refractivity contribution in [2.24, 2.45) is 5.92 Å². The molecule has 0 amide bonds. The van der Waals surface area contributed by atoms with Crippen LogP contribution in [0.3, 0.4) is 0 Å². The number of pyridine rings is 1. The second-order valence-electron chi connectivity index (χ2n) is 6.43. The van der Waals surface area contributed by atoms with Crippen LogP contribution in [-0.2, 0) is 10.2 Å². The fourth-order valence-electron chi connectivity index (χ4n) is 2.64. The number of rotatable bonds is 7. The Morgan fingerprint density at radius 3 is 2.50 bits per heavy atom. The first-order valence-corrected chi connectivity index (χ1v) is 9.63. The molecule has 2 aromatic rings. The van der Waals surface area contributed by atoms with Crippen molar-refractivity contribution in [1.82, 2.24) is 14.0 Å². The molecule has 1 fully saturated rings. The van der Waals surface area contributed by atoms with Crippen molar-refractivity contribution in [3.8, 4) is 11.1 Å². The van der Waals surface area contributed by atoms with Gasteiger partial charge in [0.15, 0.2) is 0 Å². The largest absolute Gasteiger partial charge is 0.279 e. The van der Waals surface area contributed by atoms with Crippen molar-refractivity contribution in [3.63, 3.8) is 0 Å². The smallest absolute Gasteiger partial charge is 0.264 e. The van der Waals surface area contributed by atoms with Gasteiger partial charge in [0.2, 0.25) is 0 Å². The van der Waals surface area contributed by atoms with Gasteiger partial charge in [-0.2, -0.15) is 17.4 Å². The lowest BCUT2D eigenvalue weighted by atomic mass is 10.0. The maximum absolute atomic E-state index is 12.4. The van der Waals surface area contributed by atoms with Crippen molar-refractivity contribution in [2.45, 2.75) is 25.8 Å². The van der Waals surface area contributed by atoms with Gasteiger partial charge in [0.05, 0.1) is 0 Å². The van der Waals surface area contributed by atoms with Gasteiger partial charge in [0, 0.05) is 32.0 Å². The van der Waals surface area contributed by atoms with Crippen LogP contribution in [-0.4, -0.2) is 31.3 Å². The predicted octanol–water partition coefficient (Wildman–Crippen LogP) is 2.99. The summed E-state index contributed by atoms with van der Waals surface area (Å²) >= 11 is 0. The van der Waals surface area contributed by atoms with Gasteiger partial charge in [-0.05, 0) is 48.4 Å². The van der Waals surface area contributed by atoms with E-state index in [1.54, 1.807) is 13.2 Å². The van der Waals surface area contributed by atoms with Crippen molar-refractivity contribution >= 4 is 10.2 Å². The second-order valence-corrected chi connectivity index (χ2v) is 8.24. The molecule has 1 aromatic carbocycles. The van der Waals surface area contributed by atoms with Crippen LogP contribution in [0.4, 0.5) is 0 Å². The summed E-state index contributed by atoms with van der Waals surface area (Å²) < 4.78 is 28.9. The van der Waals surface area contributed by atoms with Crippen molar-refractivity contribution < 1.29 is 8.42 Å². The molecule has 0 spiro atoms. The Morgan fingerprint density at radius 2 is 1.92 bits per heavy atom. The van der Waals surface area contributed by atoms with Crippen LogP contribution in [0.2, 0.25) is 0 Å². The minimum atomic E-state index is -3.45. The van der Waals surface area contributed by atoms with Crippen LogP contribution >= 0.6 is 0 Å². The molecule has 1 aromatic heterocycles. The van der Waals surface area contributed by atoms with E-state index in [0.717, 1.165) is 29.5 Å². The topological polar surface area (TPSA) is 62.3 Å². The lowest BCUT2D eigenvalue weighted by molar-refractivity contribution is 0.436. The molecule has 0 radical (unpaired) electrons. The fraction of sp³-hybridized carbons (Fsp3) is 0.389. The summed E-state index contributed by atoms with van der Waals surface area (Å²) in [6, 6.07) is 11.5. The van der Waals surface area contributed by atoms with Crippen LogP contribution in [0, 0.1) is 5.92 Å². The number of nitrogens with zero attached hydrogens (tertiary/aromatic N) is 2. The summed E-state index contributed by atoms with van der Waals surface area (Å²) in [7, 11) is -1.81. The summed E-state index contributed by atoms with van der Waals surface area (Å²) in [5.41, 5.74) is 3.04. The lowest BCUT2D eigenvalue weighted by Gasteiger charge is -2.21. The first-order valence-electron chi connectivity index (χ1n) is 8.19. The number of hydrogen-bond acceptors (Lipinski definition) is 3. The van der Waals surface area contributed by atoms with Gasteiger partial charge >= 0.3 is 0 Å². The van der Waals surface area contributed by atoms with Gasteiger partial charge in [-0.1, -0.05) is 30.3 Å². The Balaban J connectivity index is 1.67. The van der Waals surface area contributed by atoms with E-state index in [4.69, 9.17) is 0 Å². The highest BCUT2D eigenvalue weighted by Crippen LogP contribution is 2.30. The molecule has 3 rings (SSSR count). The first-order chi connectivity index (χ1) is 11.5. The van der Waals surface area contributed by atoms with Crippen molar-refractivity contribution in [1.29, 1.82) is 0 Å². The van der Waals surface area contributed by atoms with E-state index in [1.165, 1.54) is 4.31 Å². The molecule has 1 saturated carbocycles. The number of hydrogen-bond donors (Lipinski definition) is 1. The van der Waals surface area contributed by atoms with Crippen molar-refractivity contribution in [2.75, 3.05) is 13.6 Å². The van der Waals surface area contributed by atoms with E-state index < -0.39 is 10.2 Å². The molecule has 0 saturated heterocycles. The SMILES string of the molecule is CC(NS(=O)(=O)N(C)CC1CC1)c1ccc(-c2cccnc2)cc1. The van der Waals surface area contributed by atoms with E-state index in [2.05, 4.69) is 9.71 Å². The van der Waals surface area contributed by atoms with Crippen LogP contribution in [0.15, 0.2) is 48.8 Å². The average molecular weight is 345 g/mol. The first kappa shape index (κ1) is 17.1. The van der Waals surface area contributed by atoms with E-state index >= 15 is 0 Å². The molecule has 1 heterocycles. The normalized spacial score (nSPS) is 16.3. The molecule has 1 unspecified atom stereocenters. The lowest BCUT2D eigenvalue weighted by Crippen LogP contribution is -2.40. The van der Waals surface area contributed by atoms with Gasteiger partial charge in [0.1, 0.15) is 0 Å². The second kappa shape index (κ2) is 7.01. The Hall–Kier alpha value is -1.76. The molecule has 0 bridgehead atoms. The standard InChI is InChI=1S/C18H23N3O2S/c1-14(20-24(22,23)21(2)13-15-5-6-15)16-7-9-17(10-8-16)18-4-3-11-19-12-18/h3-4,7-12,14-15,20H,5-6,13H2,1-2H3. The van der Waals surface area contributed by atoms with E-state index in [-0.39, 0.29) is 6.04 Å². The summed E-state index contributed by atoms with van der Waals surface area (Å²) in [6.07, 6.45) is 5.82.